The molecular formula is C18H23N3OS. The zero-order chi connectivity index (χ0) is 16.2. The van der Waals surface area contributed by atoms with Crippen molar-refractivity contribution in [1.82, 2.24) is 14.8 Å². The molecule has 3 rings (SSSR count). The molecule has 5 heteroatoms. The second-order valence-corrected chi connectivity index (χ2v) is 7.27. The Bertz CT molecular complexity index is 654. The van der Waals surface area contributed by atoms with Gasteiger partial charge in [-0.25, -0.2) is 4.98 Å². The summed E-state index contributed by atoms with van der Waals surface area (Å²) in [6, 6.07) is 8.70. The van der Waals surface area contributed by atoms with Gasteiger partial charge in [0.2, 0.25) is 5.91 Å². The molecule has 1 atom stereocenters. The minimum Gasteiger partial charge on any atom is -0.328 e. The minimum absolute atomic E-state index is 0.163. The van der Waals surface area contributed by atoms with Crippen LogP contribution in [0.4, 0.5) is 0 Å². The minimum atomic E-state index is 0.163. The lowest BCUT2D eigenvalue weighted by Gasteiger charge is -2.36. The molecule has 0 spiro atoms. The number of benzene rings is 1. The van der Waals surface area contributed by atoms with Crippen molar-refractivity contribution >= 4 is 17.2 Å². The first-order valence-corrected chi connectivity index (χ1v) is 8.93. The molecule has 0 unspecified atom stereocenters. The average Bonchev–Trinajstić information content (AvgIpc) is 3.04. The van der Waals surface area contributed by atoms with Crippen LogP contribution in [0.25, 0.3) is 0 Å². The molecule has 0 bridgehead atoms. The topological polar surface area (TPSA) is 36.4 Å². The normalized spacial score (nSPS) is 17.1. The molecule has 1 amide bonds. The zero-order valence-electron chi connectivity index (χ0n) is 13.7. The highest BCUT2D eigenvalue weighted by molar-refractivity contribution is 7.09. The van der Waals surface area contributed by atoms with Gasteiger partial charge < -0.3 is 9.80 Å². The Hall–Kier alpha value is -1.72. The van der Waals surface area contributed by atoms with Crippen LogP contribution in [0, 0.1) is 0 Å². The molecule has 0 radical (unpaired) electrons. The Balaban J connectivity index is 1.90. The van der Waals surface area contributed by atoms with Gasteiger partial charge in [0.15, 0.2) is 0 Å². The van der Waals surface area contributed by atoms with E-state index in [-0.39, 0.29) is 11.9 Å². The van der Waals surface area contributed by atoms with Crippen LogP contribution >= 0.6 is 11.3 Å². The predicted molar refractivity (Wildman–Crippen MR) is 93.3 cm³/mol. The summed E-state index contributed by atoms with van der Waals surface area (Å²) >= 11 is 1.61. The number of aryl methyl sites for hydroxylation is 1. The van der Waals surface area contributed by atoms with Crippen molar-refractivity contribution in [2.24, 2.45) is 0 Å². The number of hydrogen-bond donors (Lipinski definition) is 0. The number of rotatable bonds is 5. The third-order valence-electron chi connectivity index (χ3n) is 4.27. The molecule has 1 aliphatic rings. The van der Waals surface area contributed by atoms with E-state index in [9.17, 15) is 4.79 Å². The van der Waals surface area contributed by atoms with Gasteiger partial charge in [-0.3, -0.25) is 4.79 Å². The van der Waals surface area contributed by atoms with Crippen LogP contribution in [-0.4, -0.2) is 41.3 Å². The monoisotopic (exact) mass is 329 g/mol. The number of aromatic nitrogens is 1. The molecule has 2 aromatic rings. The number of carbonyl (C=O) groups excluding carboxylic acids is 1. The summed E-state index contributed by atoms with van der Waals surface area (Å²) in [5.74, 6) is 0.173. The Kier molecular flexibility index (Phi) is 5.08. The second-order valence-electron chi connectivity index (χ2n) is 6.29. The van der Waals surface area contributed by atoms with Gasteiger partial charge >= 0.3 is 0 Å². The van der Waals surface area contributed by atoms with Crippen molar-refractivity contribution in [3.05, 3.63) is 52.0 Å². The fourth-order valence-electron chi connectivity index (χ4n) is 3.26. The van der Waals surface area contributed by atoms with Crippen LogP contribution < -0.4 is 0 Å². The molecule has 1 aromatic heterocycles. The number of nitrogens with zero attached hydrogens (tertiary/aromatic N) is 3. The Morgan fingerprint density at radius 1 is 1.35 bits per heavy atom. The second kappa shape index (κ2) is 7.23. The molecule has 0 aliphatic heterocycles. The number of thiazole rings is 1. The van der Waals surface area contributed by atoms with Gasteiger partial charge in [-0.1, -0.05) is 24.3 Å². The van der Waals surface area contributed by atoms with Gasteiger partial charge in [0, 0.05) is 11.6 Å². The molecule has 0 saturated heterocycles. The largest absolute Gasteiger partial charge is 0.328 e. The average molecular weight is 329 g/mol. The number of amides is 1. The van der Waals surface area contributed by atoms with Crippen LogP contribution in [0.5, 0.6) is 0 Å². The van der Waals surface area contributed by atoms with E-state index in [1.807, 2.05) is 35.5 Å². The first kappa shape index (κ1) is 16.1. The Morgan fingerprint density at radius 3 is 2.91 bits per heavy atom. The fourth-order valence-corrected chi connectivity index (χ4v) is 3.88. The van der Waals surface area contributed by atoms with E-state index in [1.54, 1.807) is 11.3 Å². The molecule has 0 saturated carbocycles. The quantitative estimate of drug-likeness (QED) is 0.846. The van der Waals surface area contributed by atoms with Gasteiger partial charge in [0.25, 0.3) is 0 Å². The number of hydrogen-bond acceptors (Lipinski definition) is 4. The maximum atomic E-state index is 12.9. The highest BCUT2D eigenvalue weighted by Crippen LogP contribution is 2.35. The Morgan fingerprint density at radius 2 is 2.17 bits per heavy atom. The van der Waals surface area contributed by atoms with Crippen LogP contribution in [0.15, 0.2) is 35.8 Å². The van der Waals surface area contributed by atoms with Gasteiger partial charge in [0.1, 0.15) is 5.01 Å². The molecule has 1 heterocycles. The van der Waals surface area contributed by atoms with Crippen LogP contribution in [-0.2, 0) is 17.8 Å². The lowest BCUT2D eigenvalue weighted by atomic mass is 9.86. The van der Waals surface area contributed by atoms with E-state index in [0.717, 1.165) is 24.3 Å². The third-order valence-corrected chi connectivity index (χ3v) is 5.04. The lowest BCUT2D eigenvalue weighted by Crippen LogP contribution is -2.41. The maximum absolute atomic E-state index is 12.9. The Labute approximate surface area is 141 Å². The first-order chi connectivity index (χ1) is 11.1. The summed E-state index contributed by atoms with van der Waals surface area (Å²) < 4.78 is 0. The van der Waals surface area contributed by atoms with E-state index in [2.05, 4.69) is 29.2 Å². The van der Waals surface area contributed by atoms with E-state index in [1.165, 1.54) is 11.1 Å². The van der Waals surface area contributed by atoms with Crippen molar-refractivity contribution in [1.29, 1.82) is 0 Å². The van der Waals surface area contributed by atoms with Gasteiger partial charge in [-0.2, -0.15) is 0 Å². The van der Waals surface area contributed by atoms with Gasteiger partial charge in [-0.05, 0) is 44.5 Å². The molecule has 0 fully saturated rings. The predicted octanol–water partition coefficient (Wildman–Crippen LogP) is 3.11. The van der Waals surface area contributed by atoms with Crippen LogP contribution in [0.2, 0.25) is 0 Å². The standard InChI is InChI=1S/C18H23N3OS/c1-20(2)13-18(22)21(12-17-19-10-11-23-17)16-9-5-7-14-6-3-4-8-15(14)16/h3-4,6,8,10-11,16H,5,7,9,12-13H2,1-2H3/t16-/m1/s1. The van der Waals surface area contributed by atoms with Crippen molar-refractivity contribution in [3.8, 4) is 0 Å². The SMILES string of the molecule is CN(C)CC(=O)N(Cc1nccs1)[C@@H]1CCCc2ccccc21. The number of likely N-dealkylation sites (N-methyl/N-ethyl adjacent to an activating group) is 1. The van der Waals surface area contributed by atoms with Gasteiger partial charge in [-0.15, -0.1) is 11.3 Å². The summed E-state index contributed by atoms with van der Waals surface area (Å²) in [6.45, 7) is 1.04. The maximum Gasteiger partial charge on any atom is 0.237 e. The number of carbonyl (C=O) groups is 1. The van der Waals surface area contributed by atoms with E-state index >= 15 is 0 Å². The summed E-state index contributed by atoms with van der Waals surface area (Å²) in [5.41, 5.74) is 2.69. The van der Waals surface area contributed by atoms with Crippen molar-refractivity contribution in [2.45, 2.75) is 31.8 Å². The zero-order valence-corrected chi connectivity index (χ0v) is 14.6. The highest BCUT2D eigenvalue weighted by Gasteiger charge is 2.29. The molecule has 4 nitrogen and oxygen atoms in total. The fraction of sp³-hybridized carbons (Fsp3) is 0.444. The molecular weight excluding hydrogens is 306 g/mol. The molecule has 0 N–H and O–H groups in total. The third kappa shape index (κ3) is 3.79. The molecule has 122 valence electrons. The summed E-state index contributed by atoms with van der Waals surface area (Å²) in [6.07, 6.45) is 5.08. The summed E-state index contributed by atoms with van der Waals surface area (Å²) in [4.78, 5) is 21.2. The summed E-state index contributed by atoms with van der Waals surface area (Å²) in [5, 5.41) is 2.97. The van der Waals surface area contributed by atoms with Gasteiger partial charge in [0.05, 0.1) is 19.1 Å². The number of fused-ring (bicyclic) bond motifs is 1. The van der Waals surface area contributed by atoms with Crippen molar-refractivity contribution in [3.63, 3.8) is 0 Å². The van der Waals surface area contributed by atoms with E-state index in [4.69, 9.17) is 0 Å². The van der Waals surface area contributed by atoms with E-state index < -0.39 is 0 Å². The molecule has 23 heavy (non-hydrogen) atoms. The lowest BCUT2D eigenvalue weighted by molar-refractivity contribution is -0.135. The van der Waals surface area contributed by atoms with Crippen molar-refractivity contribution < 1.29 is 4.79 Å². The molecule has 1 aromatic carbocycles. The van der Waals surface area contributed by atoms with Crippen molar-refractivity contribution in [2.75, 3.05) is 20.6 Å². The van der Waals surface area contributed by atoms with E-state index in [0.29, 0.717) is 13.1 Å². The smallest absolute Gasteiger partial charge is 0.237 e. The molecule has 1 aliphatic carbocycles. The first-order valence-electron chi connectivity index (χ1n) is 8.05. The highest BCUT2D eigenvalue weighted by atomic mass is 32.1. The van der Waals surface area contributed by atoms with Crippen LogP contribution in [0.3, 0.4) is 0 Å². The summed E-state index contributed by atoms with van der Waals surface area (Å²) in [7, 11) is 3.88. The van der Waals surface area contributed by atoms with Crippen LogP contribution in [0.1, 0.15) is 35.0 Å².